The number of Topliss-reactive ketones (excluding diaryl/α,β-unsaturated/α-hetero) is 1. The van der Waals surface area contributed by atoms with Gasteiger partial charge in [-0.1, -0.05) is 18.5 Å². The summed E-state index contributed by atoms with van der Waals surface area (Å²) < 4.78 is 5.70. The average molecular weight is 276 g/mol. The Balaban J connectivity index is 2.12. The molecule has 1 heterocycles. The number of ketones is 1. The molecule has 0 radical (unpaired) electrons. The lowest BCUT2D eigenvalue weighted by molar-refractivity contribution is 0.0786. The van der Waals surface area contributed by atoms with Gasteiger partial charge in [0.2, 0.25) is 5.78 Å². The summed E-state index contributed by atoms with van der Waals surface area (Å²) in [6.45, 7) is 1.91. The van der Waals surface area contributed by atoms with Crippen molar-refractivity contribution in [2.45, 2.75) is 19.4 Å². The summed E-state index contributed by atoms with van der Waals surface area (Å²) in [4.78, 5) is 16.2. The molecule has 1 atom stereocenters. The van der Waals surface area contributed by atoms with E-state index in [-0.39, 0.29) is 5.78 Å². The molecule has 0 saturated heterocycles. The summed E-state index contributed by atoms with van der Waals surface area (Å²) in [5, 5.41) is 0.638. The molecule has 1 aromatic heterocycles. The van der Waals surface area contributed by atoms with Gasteiger partial charge >= 0.3 is 0 Å². The van der Waals surface area contributed by atoms with Crippen LogP contribution in [0.2, 0.25) is 5.02 Å². The number of benzene rings is 1. The van der Waals surface area contributed by atoms with E-state index in [0.29, 0.717) is 22.8 Å². The van der Waals surface area contributed by atoms with Crippen molar-refractivity contribution in [3.05, 3.63) is 59.4 Å². The van der Waals surface area contributed by atoms with Crippen LogP contribution in [0, 0.1) is 0 Å². The van der Waals surface area contributed by atoms with Crippen molar-refractivity contribution < 1.29 is 9.53 Å². The van der Waals surface area contributed by atoms with Gasteiger partial charge in [0.05, 0.1) is 0 Å². The van der Waals surface area contributed by atoms with Crippen LogP contribution < -0.4 is 4.74 Å². The number of nitrogens with zero attached hydrogens (tertiary/aromatic N) is 1. The summed E-state index contributed by atoms with van der Waals surface area (Å²) in [5.74, 6) is 0.569. The molecular formula is C15H14ClNO2. The Morgan fingerprint density at radius 2 is 2.05 bits per heavy atom. The van der Waals surface area contributed by atoms with Crippen LogP contribution in [0.15, 0.2) is 48.8 Å². The fourth-order valence-electron chi connectivity index (χ4n) is 1.69. The Bertz CT molecular complexity index is 540. The molecule has 0 amide bonds. The smallest absolute Gasteiger partial charge is 0.204 e. The molecule has 4 heteroatoms. The van der Waals surface area contributed by atoms with Gasteiger partial charge in [-0.15, -0.1) is 0 Å². The van der Waals surface area contributed by atoms with E-state index in [1.54, 1.807) is 48.8 Å². The monoisotopic (exact) mass is 275 g/mol. The number of carbonyl (C=O) groups excluding carboxylic acids is 1. The van der Waals surface area contributed by atoms with Gasteiger partial charge in [0.15, 0.2) is 6.10 Å². The fourth-order valence-corrected chi connectivity index (χ4v) is 1.82. The second kappa shape index (κ2) is 6.34. The Morgan fingerprint density at radius 3 is 2.63 bits per heavy atom. The number of pyridine rings is 1. The Labute approximate surface area is 117 Å². The highest BCUT2D eigenvalue weighted by atomic mass is 35.5. The number of ether oxygens (including phenoxy) is 1. The fraction of sp³-hybridized carbons (Fsp3) is 0.200. The molecule has 1 aromatic carbocycles. The second-order valence-corrected chi connectivity index (χ2v) is 4.51. The summed E-state index contributed by atoms with van der Waals surface area (Å²) >= 11 is 5.81. The van der Waals surface area contributed by atoms with Gasteiger partial charge in [0.25, 0.3) is 0 Å². The Kier molecular flexibility index (Phi) is 4.53. The van der Waals surface area contributed by atoms with Crippen LogP contribution in [0.25, 0.3) is 0 Å². The molecule has 1 unspecified atom stereocenters. The molecule has 0 spiro atoms. The SMILES string of the molecule is CCC(Oc1ccc(Cl)cc1)C(=O)c1cccnc1. The lowest BCUT2D eigenvalue weighted by Crippen LogP contribution is -2.26. The van der Waals surface area contributed by atoms with Crippen LogP contribution in [0.5, 0.6) is 5.75 Å². The average Bonchev–Trinajstić information content (AvgIpc) is 2.47. The minimum atomic E-state index is -0.509. The zero-order chi connectivity index (χ0) is 13.7. The van der Waals surface area contributed by atoms with Gasteiger partial charge in [-0.3, -0.25) is 9.78 Å². The third kappa shape index (κ3) is 3.55. The van der Waals surface area contributed by atoms with Crippen molar-refractivity contribution in [2.75, 3.05) is 0 Å². The van der Waals surface area contributed by atoms with Crippen LogP contribution in [0.3, 0.4) is 0 Å². The summed E-state index contributed by atoms with van der Waals surface area (Å²) in [6.07, 6.45) is 3.27. The summed E-state index contributed by atoms with van der Waals surface area (Å²) in [6, 6.07) is 10.4. The standard InChI is InChI=1S/C15H14ClNO2/c1-2-14(15(18)11-4-3-9-17-10-11)19-13-7-5-12(16)6-8-13/h3-10,14H,2H2,1H3. The van der Waals surface area contributed by atoms with E-state index in [4.69, 9.17) is 16.3 Å². The van der Waals surface area contributed by atoms with Crippen LogP contribution in [0.4, 0.5) is 0 Å². The van der Waals surface area contributed by atoms with Gasteiger partial charge in [0.1, 0.15) is 5.75 Å². The normalized spacial score (nSPS) is 11.9. The molecule has 0 bridgehead atoms. The quantitative estimate of drug-likeness (QED) is 0.780. The molecular weight excluding hydrogens is 262 g/mol. The number of halogens is 1. The van der Waals surface area contributed by atoms with E-state index in [2.05, 4.69) is 4.98 Å². The molecule has 2 rings (SSSR count). The molecule has 0 aliphatic heterocycles. The molecule has 0 aliphatic carbocycles. The van der Waals surface area contributed by atoms with Gasteiger partial charge in [0, 0.05) is 23.0 Å². The van der Waals surface area contributed by atoms with Crippen molar-refractivity contribution >= 4 is 17.4 Å². The van der Waals surface area contributed by atoms with Crippen molar-refractivity contribution in [3.8, 4) is 5.75 Å². The lowest BCUT2D eigenvalue weighted by atomic mass is 10.1. The summed E-state index contributed by atoms with van der Waals surface area (Å²) in [5.41, 5.74) is 0.559. The highest BCUT2D eigenvalue weighted by Gasteiger charge is 2.20. The third-order valence-corrected chi connectivity index (χ3v) is 2.95. The van der Waals surface area contributed by atoms with E-state index < -0.39 is 6.10 Å². The van der Waals surface area contributed by atoms with Crippen LogP contribution >= 0.6 is 11.6 Å². The number of hydrogen-bond acceptors (Lipinski definition) is 3. The maximum Gasteiger partial charge on any atom is 0.204 e. The van der Waals surface area contributed by atoms with E-state index in [1.807, 2.05) is 6.92 Å². The van der Waals surface area contributed by atoms with Crippen molar-refractivity contribution in [2.24, 2.45) is 0 Å². The third-order valence-electron chi connectivity index (χ3n) is 2.70. The molecule has 3 nitrogen and oxygen atoms in total. The number of aromatic nitrogens is 1. The van der Waals surface area contributed by atoms with E-state index in [0.717, 1.165) is 0 Å². The first kappa shape index (κ1) is 13.6. The number of carbonyl (C=O) groups is 1. The predicted octanol–water partition coefficient (Wildman–Crippen LogP) is 3.78. The van der Waals surface area contributed by atoms with E-state index >= 15 is 0 Å². The molecule has 19 heavy (non-hydrogen) atoms. The molecule has 0 fully saturated rings. The Morgan fingerprint density at radius 1 is 1.32 bits per heavy atom. The molecule has 2 aromatic rings. The van der Waals surface area contributed by atoms with Gasteiger partial charge in [-0.05, 0) is 42.8 Å². The van der Waals surface area contributed by atoms with Crippen LogP contribution in [-0.4, -0.2) is 16.9 Å². The lowest BCUT2D eigenvalue weighted by Gasteiger charge is -2.16. The largest absolute Gasteiger partial charge is 0.482 e. The maximum absolute atomic E-state index is 12.3. The first-order chi connectivity index (χ1) is 9.20. The van der Waals surface area contributed by atoms with Crippen molar-refractivity contribution in [3.63, 3.8) is 0 Å². The molecule has 98 valence electrons. The number of rotatable bonds is 5. The van der Waals surface area contributed by atoms with Gasteiger partial charge < -0.3 is 4.74 Å². The Hall–Kier alpha value is -1.87. The van der Waals surface area contributed by atoms with Gasteiger partial charge in [-0.25, -0.2) is 0 Å². The zero-order valence-corrected chi connectivity index (χ0v) is 11.3. The topological polar surface area (TPSA) is 39.2 Å². The minimum Gasteiger partial charge on any atom is -0.482 e. The first-order valence-corrected chi connectivity index (χ1v) is 6.45. The van der Waals surface area contributed by atoms with Gasteiger partial charge in [-0.2, -0.15) is 0 Å². The predicted molar refractivity (Wildman–Crippen MR) is 74.7 cm³/mol. The van der Waals surface area contributed by atoms with Crippen LogP contribution in [0.1, 0.15) is 23.7 Å². The van der Waals surface area contributed by atoms with Crippen LogP contribution in [-0.2, 0) is 0 Å². The number of hydrogen-bond donors (Lipinski definition) is 0. The summed E-state index contributed by atoms with van der Waals surface area (Å²) in [7, 11) is 0. The highest BCUT2D eigenvalue weighted by molar-refractivity contribution is 6.30. The van der Waals surface area contributed by atoms with Crippen molar-refractivity contribution in [1.82, 2.24) is 4.98 Å². The second-order valence-electron chi connectivity index (χ2n) is 4.07. The molecule has 0 N–H and O–H groups in total. The van der Waals surface area contributed by atoms with Crippen molar-refractivity contribution in [1.29, 1.82) is 0 Å². The molecule has 0 saturated carbocycles. The molecule has 0 aliphatic rings. The highest BCUT2D eigenvalue weighted by Crippen LogP contribution is 2.19. The maximum atomic E-state index is 12.3. The zero-order valence-electron chi connectivity index (χ0n) is 10.5. The van der Waals surface area contributed by atoms with E-state index in [9.17, 15) is 4.79 Å². The minimum absolute atomic E-state index is 0.0643. The first-order valence-electron chi connectivity index (χ1n) is 6.07. The van der Waals surface area contributed by atoms with E-state index in [1.165, 1.54) is 0 Å².